The molecule has 4 nitrogen and oxygen atoms in total. The van der Waals surface area contributed by atoms with Crippen LogP contribution in [0, 0.1) is 5.92 Å². The molecule has 1 saturated carbocycles. The van der Waals surface area contributed by atoms with Gasteiger partial charge in [0, 0.05) is 19.6 Å². The summed E-state index contributed by atoms with van der Waals surface area (Å²) >= 11 is 11.6. The number of hydrogen-bond donors (Lipinski definition) is 2. The van der Waals surface area contributed by atoms with Crippen LogP contribution in [0.4, 0.5) is 0 Å². The summed E-state index contributed by atoms with van der Waals surface area (Å²) in [6.45, 7) is 0.481. The van der Waals surface area contributed by atoms with Crippen LogP contribution in [0.25, 0.3) is 0 Å². The number of rotatable bonds is 4. The lowest BCUT2D eigenvalue weighted by molar-refractivity contribution is 0.0713. The van der Waals surface area contributed by atoms with E-state index < -0.39 is 0 Å². The minimum absolute atomic E-state index is 0.100. The minimum Gasteiger partial charge on any atom is -0.340 e. The van der Waals surface area contributed by atoms with E-state index in [1.54, 1.807) is 18.0 Å². The van der Waals surface area contributed by atoms with Gasteiger partial charge in [0.2, 0.25) is 0 Å². The van der Waals surface area contributed by atoms with E-state index in [-0.39, 0.29) is 11.9 Å². The van der Waals surface area contributed by atoms with Crippen LogP contribution >= 0.6 is 23.2 Å². The summed E-state index contributed by atoms with van der Waals surface area (Å²) in [5, 5.41) is 0.651. The van der Waals surface area contributed by atoms with Crippen molar-refractivity contribution in [1.29, 1.82) is 0 Å². The Balaban J connectivity index is 2.13. The van der Waals surface area contributed by atoms with E-state index >= 15 is 0 Å². The van der Waals surface area contributed by atoms with E-state index in [1.165, 1.54) is 0 Å². The number of likely N-dealkylation sites (N-methyl/N-ethyl adjacent to an activating group) is 1. The van der Waals surface area contributed by atoms with Crippen molar-refractivity contribution in [3.8, 4) is 0 Å². The number of aromatic nitrogens is 1. The molecule has 1 fully saturated rings. The molecule has 0 aliphatic heterocycles. The van der Waals surface area contributed by atoms with Crippen LogP contribution in [-0.2, 0) is 0 Å². The Morgan fingerprint density at radius 3 is 2.71 bits per heavy atom. The maximum atomic E-state index is 12.2. The highest BCUT2D eigenvalue weighted by Crippen LogP contribution is 2.35. The summed E-state index contributed by atoms with van der Waals surface area (Å²) in [4.78, 5) is 16.6. The smallest absolute Gasteiger partial charge is 0.270 e. The van der Waals surface area contributed by atoms with Crippen LogP contribution < -0.4 is 5.73 Å². The molecule has 1 aliphatic carbocycles. The molecule has 1 unspecified atom stereocenters. The van der Waals surface area contributed by atoms with Crippen LogP contribution in [0.5, 0.6) is 0 Å². The van der Waals surface area contributed by atoms with Gasteiger partial charge in [0.05, 0.1) is 5.02 Å². The van der Waals surface area contributed by atoms with Gasteiger partial charge in [-0.05, 0) is 24.8 Å². The van der Waals surface area contributed by atoms with Crippen molar-refractivity contribution in [1.82, 2.24) is 9.88 Å². The van der Waals surface area contributed by atoms with Crippen molar-refractivity contribution in [2.75, 3.05) is 13.6 Å². The Bertz CT molecular complexity index is 409. The third-order valence-electron chi connectivity index (χ3n) is 3.18. The third kappa shape index (κ3) is 2.59. The van der Waals surface area contributed by atoms with E-state index in [0.29, 0.717) is 28.3 Å². The van der Waals surface area contributed by atoms with Crippen molar-refractivity contribution in [3.63, 3.8) is 0 Å². The fourth-order valence-electron chi connectivity index (χ4n) is 2.01. The van der Waals surface area contributed by atoms with Crippen LogP contribution in [0.3, 0.4) is 0 Å². The lowest BCUT2D eigenvalue weighted by atomic mass is 10.1. The van der Waals surface area contributed by atoms with Crippen LogP contribution in [0.2, 0.25) is 10.2 Å². The molecule has 0 bridgehead atoms. The minimum atomic E-state index is -0.124. The zero-order valence-corrected chi connectivity index (χ0v) is 11.1. The number of nitrogens with two attached hydrogens (primary N) is 1. The average Bonchev–Trinajstić information content (AvgIpc) is 3.06. The summed E-state index contributed by atoms with van der Waals surface area (Å²) in [5.74, 6) is 0.413. The van der Waals surface area contributed by atoms with E-state index in [0.717, 1.165) is 12.8 Å². The summed E-state index contributed by atoms with van der Waals surface area (Å²) in [6.07, 6.45) is 2.29. The molecular formula is C11H15Cl2N3O. The Hall–Kier alpha value is -0.710. The highest BCUT2D eigenvalue weighted by Gasteiger charge is 2.35. The average molecular weight is 276 g/mol. The largest absolute Gasteiger partial charge is 0.340 e. The number of carbonyl (C=O) groups is 1. The fourth-order valence-corrected chi connectivity index (χ4v) is 2.32. The van der Waals surface area contributed by atoms with Gasteiger partial charge in [-0.25, -0.2) is 0 Å². The molecule has 1 aromatic rings. The number of H-pyrrole nitrogens is 1. The topological polar surface area (TPSA) is 62.1 Å². The van der Waals surface area contributed by atoms with Crippen LogP contribution in [-0.4, -0.2) is 35.4 Å². The first-order chi connectivity index (χ1) is 8.04. The SMILES string of the molecule is CN(C(=O)c1cc(Cl)c(Cl)[nH]1)C(CN)C1CC1. The van der Waals surface area contributed by atoms with Crippen molar-refractivity contribution >= 4 is 29.1 Å². The molecule has 1 atom stereocenters. The van der Waals surface area contributed by atoms with E-state index in [2.05, 4.69) is 4.98 Å². The first-order valence-electron chi connectivity index (χ1n) is 5.55. The maximum absolute atomic E-state index is 12.2. The molecule has 2 rings (SSSR count). The molecule has 0 radical (unpaired) electrons. The van der Waals surface area contributed by atoms with Crippen molar-refractivity contribution in [3.05, 3.63) is 21.9 Å². The normalized spacial score (nSPS) is 16.9. The number of aromatic amines is 1. The first-order valence-corrected chi connectivity index (χ1v) is 6.31. The van der Waals surface area contributed by atoms with Gasteiger partial charge in [-0.2, -0.15) is 0 Å². The maximum Gasteiger partial charge on any atom is 0.270 e. The van der Waals surface area contributed by atoms with Gasteiger partial charge < -0.3 is 15.6 Å². The molecule has 94 valence electrons. The zero-order chi connectivity index (χ0) is 12.6. The predicted molar refractivity (Wildman–Crippen MR) is 68.5 cm³/mol. The summed E-state index contributed by atoms with van der Waals surface area (Å²) in [6, 6.07) is 1.65. The Kier molecular flexibility index (Phi) is 3.66. The molecule has 17 heavy (non-hydrogen) atoms. The molecule has 0 spiro atoms. The van der Waals surface area contributed by atoms with Crippen molar-refractivity contribution < 1.29 is 4.79 Å². The van der Waals surface area contributed by atoms with Gasteiger partial charge in [-0.15, -0.1) is 0 Å². The van der Waals surface area contributed by atoms with Crippen LogP contribution in [0.15, 0.2) is 6.07 Å². The number of halogens is 2. The van der Waals surface area contributed by atoms with Crippen molar-refractivity contribution in [2.45, 2.75) is 18.9 Å². The Labute approximate surface area is 110 Å². The molecule has 1 amide bonds. The van der Waals surface area contributed by atoms with Crippen LogP contribution in [0.1, 0.15) is 23.3 Å². The molecular weight excluding hydrogens is 261 g/mol. The second-order valence-corrected chi connectivity index (χ2v) is 5.19. The molecule has 6 heteroatoms. The van der Waals surface area contributed by atoms with Gasteiger partial charge in [0.15, 0.2) is 0 Å². The summed E-state index contributed by atoms with van der Waals surface area (Å²) in [5.41, 5.74) is 6.11. The highest BCUT2D eigenvalue weighted by molar-refractivity contribution is 6.41. The standard InChI is InChI=1S/C11H15Cl2N3O/c1-16(9(5-14)6-2-3-6)11(17)8-4-7(12)10(13)15-8/h4,6,9,15H,2-3,5,14H2,1H3. The molecule has 0 saturated heterocycles. The predicted octanol–water partition coefficient (Wildman–Crippen LogP) is 2.13. The van der Waals surface area contributed by atoms with E-state index in [1.807, 2.05) is 0 Å². The first kappa shape index (κ1) is 12.7. The fraction of sp³-hybridized carbons (Fsp3) is 0.545. The number of nitrogens with one attached hydrogen (secondary N) is 1. The van der Waals surface area contributed by atoms with Gasteiger partial charge >= 0.3 is 0 Å². The molecule has 1 aromatic heterocycles. The number of hydrogen-bond acceptors (Lipinski definition) is 2. The number of carbonyl (C=O) groups excluding carboxylic acids is 1. The Morgan fingerprint density at radius 2 is 2.29 bits per heavy atom. The highest BCUT2D eigenvalue weighted by atomic mass is 35.5. The van der Waals surface area contributed by atoms with Gasteiger partial charge in [0.1, 0.15) is 10.8 Å². The molecule has 3 N–H and O–H groups in total. The van der Waals surface area contributed by atoms with Crippen molar-refractivity contribution in [2.24, 2.45) is 11.7 Å². The third-order valence-corrected chi connectivity index (χ3v) is 3.87. The summed E-state index contributed by atoms with van der Waals surface area (Å²) in [7, 11) is 1.76. The zero-order valence-electron chi connectivity index (χ0n) is 9.54. The number of nitrogens with zero attached hydrogens (tertiary/aromatic N) is 1. The molecule has 1 aliphatic rings. The Morgan fingerprint density at radius 1 is 1.65 bits per heavy atom. The summed E-state index contributed by atoms with van der Waals surface area (Å²) < 4.78 is 0. The van der Waals surface area contributed by atoms with Gasteiger partial charge in [-0.1, -0.05) is 23.2 Å². The monoisotopic (exact) mass is 275 g/mol. The number of amides is 1. The quantitative estimate of drug-likeness (QED) is 0.885. The molecule has 1 heterocycles. The van der Waals surface area contributed by atoms with Gasteiger partial charge in [0.25, 0.3) is 5.91 Å². The van der Waals surface area contributed by atoms with E-state index in [9.17, 15) is 4.79 Å². The van der Waals surface area contributed by atoms with E-state index in [4.69, 9.17) is 28.9 Å². The lowest BCUT2D eigenvalue weighted by Gasteiger charge is -2.26. The molecule has 0 aromatic carbocycles. The second kappa shape index (κ2) is 4.88. The van der Waals surface area contributed by atoms with Gasteiger partial charge in [-0.3, -0.25) is 4.79 Å². The second-order valence-electron chi connectivity index (χ2n) is 4.40. The lowest BCUT2D eigenvalue weighted by Crippen LogP contribution is -2.43.